The molecule has 0 radical (unpaired) electrons. The van der Waals surface area contributed by atoms with E-state index < -0.39 is 11.7 Å². The van der Waals surface area contributed by atoms with Crippen LogP contribution < -0.4 is 9.47 Å². The molecule has 2 heterocycles. The summed E-state index contributed by atoms with van der Waals surface area (Å²) in [5.41, 5.74) is 5.02. The fourth-order valence-electron chi connectivity index (χ4n) is 6.48. The summed E-state index contributed by atoms with van der Waals surface area (Å²) in [4.78, 5) is 7.70. The van der Waals surface area contributed by atoms with Gasteiger partial charge in [-0.2, -0.15) is 13.2 Å². The van der Waals surface area contributed by atoms with Crippen LogP contribution in [0.5, 0.6) is 11.5 Å². The summed E-state index contributed by atoms with van der Waals surface area (Å²) in [5.74, 6) is 2.28. The Hall–Kier alpha value is -4.56. The molecule has 0 amide bonds. The van der Waals surface area contributed by atoms with E-state index >= 15 is 0 Å². The van der Waals surface area contributed by atoms with Crippen LogP contribution in [-0.4, -0.2) is 21.2 Å². The smallest absolute Gasteiger partial charge is 0.416 e. The minimum absolute atomic E-state index is 0.151. The molecule has 5 aromatic rings. The predicted octanol–water partition coefficient (Wildman–Crippen LogP) is 10.7. The van der Waals surface area contributed by atoms with Crippen molar-refractivity contribution in [3.8, 4) is 34.1 Å². The molecule has 1 aromatic heterocycles. The Morgan fingerprint density at radius 3 is 2.10 bits per heavy atom. The summed E-state index contributed by atoms with van der Waals surface area (Å²) in [7, 11) is 0. The Morgan fingerprint density at radius 2 is 1.42 bits per heavy atom. The Bertz CT molecular complexity index is 1790. The molecule has 8 heteroatoms. The van der Waals surface area contributed by atoms with Gasteiger partial charge in [0.1, 0.15) is 5.82 Å². The van der Waals surface area contributed by atoms with Crippen LogP contribution >= 0.6 is 0 Å². The standard InChI is InChI=1S/C40H42F3N3O2/c1-3-5-20-34(38-37(31-15-9-7-10-16-31)44-39(46(38)23-6-4-2)32-17-11-8-12-18-32)45(26-29-14-13-19-33(24-29)40(41,42)43)27-30-21-22-35-36(25-30)48-28-47-35/h7-19,21-22,24-25,34H,3-6,20,23,26-28H2,1-2H3/t34-/m0/s1. The molecule has 1 aliphatic heterocycles. The molecule has 1 atom stereocenters. The van der Waals surface area contributed by atoms with Crippen molar-refractivity contribution in [3.05, 3.63) is 126 Å². The van der Waals surface area contributed by atoms with Gasteiger partial charge in [-0.15, -0.1) is 0 Å². The minimum atomic E-state index is -4.43. The number of alkyl halides is 3. The summed E-state index contributed by atoms with van der Waals surface area (Å²) in [6, 6.07) is 32.0. The zero-order valence-electron chi connectivity index (χ0n) is 27.5. The molecule has 48 heavy (non-hydrogen) atoms. The first-order valence-electron chi connectivity index (χ1n) is 16.9. The van der Waals surface area contributed by atoms with Gasteiger partial charge in [-0.05, 0) is 42.2 Å². The van der Waals surface area contributed by atoms with Gasteiger partial charge in [0.15, 0.2) is 11.5 Å². The van der Waals surface area contributed by atoms with Crippen LogP contribution in [0.4, 0.5) is 13.2 Å². The Balaban J connectivity index is 1.54. The maximum Gasteiger partial charge on any atom is 0.416 e. The summed E-state index contributed by atoms with van der Waals surface area (Å²) in [6.07, 6.45) is 0.284. The van der Waals surface area contributed by atoms with Gasteiger partial charge in [-0.1, -0.05) is 118 Å². The highest BCUT2D eigenvalue weighted by molar-refractivity contribution is 5.69. The summed E-state index contributed by atoms with van der Waals surface area (Å²) in [5, 5.41) is 0. The molecule has 5 nitrogen and oxygen atoms in total. The molecule has 0 unspecified atom stereocenters. The van der Waals surface area contributed by atoms with E-state index in [0.29, 0.717) is 30.2 Å². The second-order valence-corrected chi connectivity index (χ2v) is 12.4. The molecule has 1 aliphatic rings. The molecule has 0 fully saturated rings. The molecular weight excluding hydrogens is 611 g/mol. The first kappa shape index (κ1) is 33.3. The SMILES string of the molecule is CCCC[C@@H](c1c(-c2ccccc2)nc(-c2ccccc2)n1CCCC)N(Cc1cccc(C(F)(F)F)c1)Cc1ccc2c(c1)OCO2. The summed E-state index contributed by atoms with van der Waals surface area (Å²) < 4.78 is 55.4. The van der Waals surface area contributed by atoms with Crippen LogP contribution in [0, 0.1) is 0 Å². The van der Waals surface area contributed by atoms with Gasteiger partial charge in [0.25, 0.3) is 0 Å². The van der Waals surface area contributed by atoms with Crippen molar-refractivity contribution in [2.24, 2.45) is 0 Å². The second-order valence-electron chi connectivity index (χ2n) is 12.4. The van der Waals surface area contributed by atoms with Crippen LogP contribution in [-0.2, 0) is 25.8 Å². The molecule has 6 rings (SSSR count). The van der Waals surface area contributed by atoms with Crippen molar-refractivity contribution in [2.75, 3.05) is 6.79 Å². The average molecular weight is 654 g/mol. The van der Waals surface area contributed by atoms with Gasteiger partial charge < -0.3 is 14.0 Å². The van der Waals surface area contributed by atoms with Gasteiger partial charge in [0.2, 0.25) is 6.79 Å². The number of aromatic nitrogens is 2. The van der Waals surface area contributed by atoms with Crippen LogP contribution in [0.2, 0.25) is 0 Å². The lowest BCUT2D eigenvalue weighted by Gasteiger charge is -2.34. The van der Waals surface area contributed by atoms with Gasteiger partial charge in [0.05, 0.1) is 23.0 Å². The number of fused-ring (bicyclic) bond motifs is 1. The molecule has 0 bridgehead atoms. The highest BCUT2D eigenvalue weighted by atomic mass is 19.4. The van der Waals surface area contributed by atoms with E-state index in [1.165, 1.54) is 12.1 Å². The van der Waals surface area contributed by atoms with E-state index in [2.05, 4.69) is 47.6 Å². The maximum atomic E-state index is 13.9. The molecular formula is C40H42F3N3O2. The van der Waals surface area contributed by atoms with E-state index in [1.54, 1.807) is 6.07 Å². The second kappa shape index (κ2) is 15.1. The highest BCUT2D eigenvalue weighted by Gasteiger charge is 2.33. The zero-order valence-corrected chi connectivity index (χ0v) is 27.5. The Morgan fingerprint density at radius 1 is 0.750 bits per heavy atom. The fraction of sp³-hybridized carbons (Fsp3) is 0.325. The third kappa shape index (κ3) is 7.60. The molecule has 0 saturated heterocycles. The topological polar surface area (TPSA) is 39.5 Å². The molecule has 0 spiro atoms. The first-order chi connectivity index (χ1) is 23.4. The number of halogens is 3. The number of nitrogens with zero attached hydrogens (tertiary/aromatic N) is 3. The van der Waals surface area contributed by atoms with E-state index in [-0.39, 0.29) is 12.8 Å². The van der Waals surface area contributed by atoms with E-state index in [4.69, 9.17) is 14.5 Å². The van der Waals surface area contributed by atoms with E-state index in [1.807, 2.05) is 54.6 Å². The number of hydrogen-bond acceptors (Lipinski definition) is 4. The van der Waals surface area contributed by atoms with Crippen molar-refractivity contribution in [2.45, 2.75) is 77.8 Å². The quantitative estimate of drug-likeness (QED) is 0.120. The molecule has 0 N–H and O–H groups in total. The summed E-state index contributed by atoms with van der Waals surface area (Å²) >= 11 is 0. The minimum Gasteiger partial charge on any atom is -0.454 e. The molecule has 4 aromatic carbocycles. The monoisotopic (exact) mass is 653 g/mol. The average Bonchev–Trinajstić information content (AvgIpc) is 3.73. The third-order valence-electron chi connectivity index (χ3n) is 8.87. The van der Waals surface area contributed by atoms with Crippen molar-refractivity contribution in [1.82, 2.24) is 14.5 Å². The largest absolute Gasteiger partial charge is 0.454 e. The Kier molecular flexibility index (Phi) is 10.5. The summed E-state index contributed by atoms with van der Waals surface area (Å²) in [6.45, 7) is 6.12. The lowest BCUT2D eigenvalue weighted by atomic mass is 9.97. The molecule has 0 aliphatic carbocycles. The van der Waals surface area contributed by atoms with Crippen LogP contribution in [0.3, 0.4) is 0 Å². The van der Waals surface area contributed by atoms with Gasteiger partial charge in [-0.25, -0.2) is 4.98 Å². The van der Waals surface area contributed by atoms with Gasteiger partial charge >= 0.3 is 6.18 Å². The van der Waals surface area contributed by atoms with Gasteiger partial charge in [-0.3, -0.25) is 4.90 Å². The number of imidazole rings is 1. The molecule has 0 saturated carbocycles. The zero-order chi connectivity index (χ0) is 33.5. The number of unbranched alkanes of at least 4 members (excludes halogenated alkanes) is 2. The van der Waals surface area contributed by atoms with Gasteiger partial charge in [0, 0.05) is 30.8 Å². The number of hydrogen-bond donors (Lipinski definition) is 0. The lowest BCUT2D eigenvalue weighted by Crippen LogP contribution is -2.30. The number of benzene rings is 4. The highest BCUT2D eigenvalue weighted by Crippen LogP contribution is 2.41. The molecule has 250 valence electrons. The van der Waals surface area contributed by atoms with Crippen molar-refractivity contribution >= 4 is 0 Å². The maximum absolute atomic E-state index is 13.9. The number of ether oxygens (including phenoxy) is 2. The van der Waals surface area contributed by atoms with E-state index in [0.717, 1.165) is 78.6 Å². The van der Waals surface area contributed by atoms with Crippen LogP contribution in [0.15, 0.2) is 103 Å². The van der Waals surface area contributed by atoms with Crippen molar-refractivity contribution in [3.63, 3.8) is 0 Å². The fourth-order valence-corrected chi connectivity index (χ4v) is 6.48. The van der Waals surface area contributed by atoms with Crippen molar-refractivity contribution < 1.29 is 22.6 Å². The number of rotatable bonds is 14. The lowest BCUT2D eigenvalue weighted by molar-refractivity contribution is -0.137. The third-order valence-corrected chi connectivity index (χ3v) is 8.87. The van der Waals surface area contributed by atoms with Crippen LogP contribution in [0.25, 0.3) is 22.6 Å². The first-order valence-corrected chi connectivity index (χ1v) is 16.9. The van der Waals surface area contributed by atoms with Crippen LogP contribution in [0.1, 0.15) is 74.4 Å². The normalized spacial score (nSPS) is 13.3. The van der Waals surface area contributed by atoms with E-state index in [9.17, 15) is 13.2 Å². The Labute approximate surface area is 281 Å². The van der Waals surface area contributed by atoms with Crippen molar-refractivity contribution in [1.29, 1.82) is 0 Å². The predicted molar refractivity (Wildman–Crippen MR) is 184 cm³/mol.